The Morgan fingerprint density at radius 1 is 1.53 bits per heavy atom. The summed E-state index contributed by atoms with van der Waals surface area (Å²) >= 11 is 3.61. The normalized spacial score (nSPS) is 14.2. The number of hydrazine groups is 1. The van der Waals surface area contributed by atoms with Crippen LogP contribution in [-0.4, -0.2) is 6.18 Å². The molecule has 0 aliphatic rings. The molecule has 0 amide bonds. The van der Waals surface area contributed by atoms with Gasteiger partial charge in [-0.25, -0.2) is 0 Å². The Balaban J connectivity index is 2.57. The lowest BCUT2D eigenvalue weighted by Gasteiger charge is -2.15. The van der Waals surface area contributed by atoms with Gasteiger partial charge in [0.2, 0.25) is 0 Å². The van der Waals surface area contributed by atoms with Gasteiger partial charge in [-0.3, -0.25) is 11.3 Å². The van der Waals surface area contributed by atoms with Crippen LogP contribution in [0.4, 0.5) is 13.2 Å². The van der Waals surface area contributed by atoms with Crippen molar-refractivity contribution in [1.29, 1.82) is 0 Å². The fourth-order valence-electron chi connectivity index (χ4n) is 1.16. The van der Waals surface area contributed by atoms with Gasteiger partial charge in [0.05, 0.1) is 2.88 Å². The number of nitrogens with two attached hydrogens (primary N) is 1. The largest absolute Gasteiger partial charge is 0.389 e. The Hall–Kier alpha value is 0.140. The smallest absolute Gasteiger partial charge is 0.271 e. The Morgan fingerprint density at radius 2 is 2.20 bits per heavy atom. The zero-order valence-corrected chi connectivity index (χ0v) is 10.6. The summed E-state index contributed by atoms with van der Waals surface area (Å²) in [5, 5.41) is 1.82. The predicted octanol–water partition coefficient (Wildman–Crippen LogP) is 3.20. The molecule has 2 nitrogen and oxygen atoms in total. The van der Waals surface area contributed by atoms with Crippen molar-refractivity contribution in [2.45, 2.75) is 25.1 Å². The van der Waals surface area contributed by atoms with Crippen LogP contribution >= 0.6 is 33.9 Å². The molecule has 0 aromatic carbocycles. The van der Waals surface area contributed by atoms with E-state index in [2.05, 4.69) is 28.0 Å². The molecule has 3 N–H and O–H groups in total. The summed E-state index contributed by atoms with van der Waals surface area (Å²) in [5.74, 6) is 5.23. The van der Waals surface area contributed by atoms with Crippen LogP contribution in [0.5, 0.6) is 0 Å². The van der Waals surface area contributed by atoms with Crippen molar-refractivity contribution in [2.75, 3.05) is 0 Å². The Labute approximate surface area is 103 Å². The summed E-state index contributed by atoms with van der Waals surface area (Å²) in [6.07, 6.45) is -4.99. The van der Waals surface area contributed by atoms with E-state index in [1.165, 1.54) is 11.3 Å². The van der Waals surface area contributed by atoms with E-state index >= 15 is 0 Å². The van der Waals surface area contributed by atoms with Gasteiger partial charge in [0.15, 0.2) is 0 Å². The zero-order valence-electron chi connectivity index (χ0n) is 7.64. The van der Waals surface area contributed by atoms with E-state index < -0.39 is 18.6 Å². The second kappa shape index (κ2) is 5.46. The molecular formula is C8H10F3IN2S. The van der Waals surface area contributed by atoms with Crippen LogP contribution in [0.25, 0.3) is 0 Å². The van der Waals surface area contributed by atoms with E-state index in [0.717, 1.165) is 8.45 Å². The first kappa shape index (κ1) is 13.2. The Bertz CT molecular complexity index is 313. The van der Waals surface area contributed by atoms with Crippen molar-refractivity contribution in [3.63, 3.8) is 0 Å². The van der Waals surface area contributed by atoms with Gasteiger partial charge in [-0.2, -0.15) is 13.2 Å². The maximum absolute atomic E-state index is 12.0. The molecule has 0 fully saturated rings. The number of alkyl halides is 3. The van der Waals surface area contributed by atoms with Crippen molar-refractivity contribution >= 4 is 33.9 Å². The van der Waals surface area contributed by atoms with Gasteiger partial charge in [0.25, 0.3) is 0 Å². The highest BCUT2D eigenvalue weighted by atomic mass is 127. The fraction of sp³-hybridized carbons (Fsp3) is 0.500. The number of rotatable bonds is 4. The number of halogens is 4. The highest BCUT2D eigenvalue weighted by Crippen LogP contribution is 2.29. The monoisotopic (exact) mass is 350 g/mol. The fourth-order valence-corrected chi connectivity index (χ4v) is 2.59. The molecule has 0 saturated heterocycles. The number of hydrogen-bond acceptors (Lipinski definition) is 3. The molecule has 0 radical (unpaired) electrons. The van der Waals surface area contributed by atoms with E-state index in [1.54, 1.807) is 0 Å². The number of nitrogens with one attached hydrogen (secondary N) is 1. The molecule has 1 aromatic rings. The first-order valence-electron chi connectivity index (χ1n) is 4.19. The SMILES string of the molecule is NNC(CCC(F)(F)F)c1csc(I)c1. The summed E-state index contributed by atoms with van der Waals surface area (Å²) in [5.41, 5.74) is 3.22. The van der Waals surface area contributed by atoms with Crippen LogP contribution in [0.15, 0.2) is 11.4 Å². The highest BCUT2D eigenvalue weighted by Gasteiger charge is 2.28. The van der Waals surface area contributed by atoms with E-state index in [1.807, 2.05) is 11.4 Å². The lowest BCUT2D eigenvalue weighted by Crippen LogP contribution is -2.28. The average Bonchev–Trinajstić information content (AvgIpc) is 2.51. The van der Waals surface area contributed by atoms with E-state index in [9.17, 15) is 13.2 Å². The van der Waals surface area contributed by atoms with Crippen LogP contribution < -0.4 is 11.3 Å². The Morgan fingerprint density at radius 3 is 2.60 bits per heavy atom. The highest BCUT2D eigenvalue weighted by molar-refractivity contribution is 14.1. The third-order valence-electron chi connectivity index (χ3n) is 1.91. The minimum Gasteiger partial charge on any atom is -0.271 e. The molecule has 0 saturated carbocycles. The molecule has 1 rings (SSSR count). The number of hydrogen-bond donors (Lipinski definition) is 2. The summed E-state index contributed by atoms with van der Waals surface area (Å²) < 4.78 is 37.1. The molecule has 0 bridgehead atoms. The summed E-state index contributed by atoms with van der Waals surface area (Å²) in [4.78, 5) is 0. The van der Waals surface area contributed by atoms with Crippen molar-refractivity contribution in [2.24, 2.45) is 5.84 Å². The third kappa shape index (κ3) is 4.66. The molecule has 1 heterocycles. The van der Waals surface area contributed by atoms with Gasteiger partial charge in [0.1, 0.15) is 0 Å². The van der Waals surface area contributed by atoms with Gasteiger partial charge in [-0.05, 0) is 46.0 Å². The van der Waals surface area contributed by atoms with Crippen molar-refractivity contribution < 1.29 is 13.2 Å². The minimum absolute atomic E-state index is 0.0349. The van der Waals surface area contributed by atoms with Crippen LogP contribution in [0.2, 0.25) is 0 Å². The number of thiophene rings is 1. The van der Waals surface area contributed by atoms with Crippen LogP contribution in [0.3, 0.4) is 0 Å². The summed E-state index contributed by atoms with van der Waals surface area (Å²) in [7, 11) is 0. The molecule has 1 atom stereocenters. The lowest BCUT2D eigenvalue weighted by atomic mass is 10.1. The van der Waals surface area contributed by atoms with Gasteiger partial charge in [-0.1, -0.05) is 0 Å². The molecule has 0 aliphatic heterocycles. The topological polar surface area (TPSA) is 38.0 Å². The lowest BCUT2D eigenvalue weighted by molar-refractivity contribution is -0.136. The molecular weight excluding hydrogens is 340 g/mol. The first-order chi connectivity index (χ1) is 6.92. The average molecular weight is 350 g/mol. The van der Waals surface area contributed by atoms with Gasteiger partial charge >= 0.3 is 6.18 Å². The Kier molecular flexibility index (Phi) is 4.81. The van der Waals surface area contributed by atoms with Gasteiger partial charge < -0.3 is 0 Å². The molecule has 15 heavy (non-hydrogen) atoms. The summed E-state index contributed by atoms with van der Waals surface area (Å²) in [6, 6.07) is 1.41. The maximum atomic E-state index is 12.0. The second-order valence-electron chi connectivity index (χ2n) is 3.06. The molecule has 1 aromatic heterocycles. The second-order valence-corrected chi connectivity index (χ2v) is 5.86. The minimum atomic E-state index is -4.13. The van der Waals surface area contributed by atoms with Gasteiger partial charge in [-0.15, -0.1) is 11.3 Å². The molecule has 0 aliphatic carbocycles. The van der Waals surface area contributed by atoms with E-state index in [-0.39, 0.29) is 6.42 Å². The van der Waals surface area contributed by atoms with Crippen LogP contribution in [-0.2, 0) is 0 Å². The van der Waals surface area contributed by atoms with E-state index in [4.69, 9.17) is 5.84 Å². The van der Waals surface area contributed by atoms with E-state index in [0.29, 0.717) is 0 Å². The van der Waals surface area contributed by atoms with Crippen molar-refractivity contribution in [1.82, 2.24) is 5.43 Å². The quantitative estimate of drug-likeness (QED) is 0.497. The molecule has 86 valence electrons. The maximum Gasteiger partial charge on any atom is 0.389 e. The standard InChI is InChI=1S/C8H10F3IN2S/c9-8(10,11)2-1-6(14-13)5-3-7(12)15-4-5/h3-4,6,14H,1-2,13H2. The van der Waals surface area contributed by atoms with Crippen molar-refractivity contribution in [3.05, 3.63) is 19.9 Å². The summed E-state index contributed by atoms with van der Waals surface area (Å²) in [6.45, 7) is 0. The predicted molar refractivity (Wildman–Crippen MR) is 62.4 cm³/mol. The molecule has 0 spiro atoms. The van der Waals surface area contributed by atoms with Crippen LogP contribution in [0.1, 0.15) is 24.4 Å². The first-order valence-corrected chi connectivity index (χ1v) is 6.15. The third-order valence-corrected chi connectivity index (χ3v) is 3.72. The zero-order chi connectivity index (χ0) is 11.5. The van der Waals surface area contributed by atoms with Crippen molar-refractivity contribution in [3.8, 4) is 0 Å². The van der Waals surface area contributed by atoms with Crippen LogP contribution in [0, 0.1) is 2.88 Å². The molecule has 1 unspecified atom stereocenters. The van der Waals surface area contributed by atoms with Gasteiger partial charge in [0, 0.05) is 12.5 Å². The molecule has 7 heteroatoms.